The fraction of sp³-hybridized carbons (Fsp3) is 0.588. The molecule has 1 aromatic rings. The second kappa shape index (κ2) is 5.86. The molecule has 0 spiro atoms. The van der Waals surface area contributed by atoms with Crippen molar-refractivity contribution in [2.45, 2.75) is 64.5 Å². The van der Waals surface area contributed by atoms with Crippen molar-refractivity contribution >= 4 is 11.6 Å². The summed E-state index contributed by atoms with van der Waals surface area (Å²) >= 11 is 0. The van der Waals surface area contributed by atoms with Gasteiger partial charge < -0.3 is 10.6 Å². The van der Waals surface area contributed by atoms with Crippen LogP contribution >= 0.6 is 0 Å². The van der Waals surface area contributed by atoms with E-state index in [0.29, 0.717) is 17.3 Å². The number of amides is 1. The van der Waals surface area contributed by atoms with Gasteiger partial charge in [-0.3, -0.25) is 4.79 Å². The molecular formula is C17H26N2O. The fourth-order valence-electron chi connectivity index (χ4n) is 3.18. The summed E-state index contributed by atoms with van der Waals surface area (Å²) in [5, 5.41) is 0. The molecule has 0 aliphatic heterocycles. The van der Waals surface area contributed by atoms with Crippen LogP contribution in [0.15, 0.2) is 24.3 Å². The topological polar surface area (TPSA) is 46.3 Å². The molecule has 1 fully saturated rings. The Hall–Kier alpha value is -1.51. The zero-order chi connectivity index (χ0) is 14.8. The van der Waals surface area contributed by atoms with Gasteiger partial charge in [-0.1, -0.05) is 31.4 Å². The van der Waals surface area contributed by atoms with Crippen molar-refractivity contribution in [3.8, 4) is 0 Å². The average molecular weight is 274 g/mol. The Balaban J connectivity index is 2.31. The minimum absolute atomic E-state index is 0.0718. The molecule has 0 saturated heterocycles. The second-order valence-corrected chi connectivity index (χ2v) is 6.73. The number of hydrogen-bond acceptors (Lipinski definition) is 2. The van der Waals surface area contributed by atoms with E-state index in [1.54, 1.807) is 6.07 Å². The molecule has 20 heavy (non-hydrogen) atoms. The van der Waals surface area contributed by atoms with Crippen LogP contribution in [0.25, 0.3) is 0 Å². The largest absolute Gasteiger partial charge is 0.398 e. The predicted octanol–water partition coefficient (Wildman–Crippen LogP) is 3.84. The van der Waals surface area contributed by atoms with Crippen LogP contribution in [0, 0.1) is 0 Å². The fourth-order valence-corrected chi connectivity index (χ4v) is 3.18. The highest BCUT2D eigenvalue weighted by molar-refractivity contribution is 5.99. The van der Waals surface area contributed by atoms with E-state index in [-0.39, 0.29) is 11.4 Å². The first kappa shape index (κ1) is 14.9. The summed E-state index contributed by atoms with van der Waals surface area (Å²) in [6, 6.07) is 7.73. The van der Waals surface area contributed by atoms with E-state index in [4.69, 9.17) is 5.73 Å². The second-order valence-electron chi connectivity index (χ2n) is 6.73. The lowest BCUT2D eigenvalue weighted by Crippen LogP contribution is -2.52. The molecule has 2 rings (SSSR count). The maximum absolute atomic E-state index is 13.0. The highest BCUT2D eigenvalue weighted by atomic mass is 16.2. The van der Waals surface area contributed by atoms with E-state index in [1.807, 2.05) is 18.2 Å². The zero-order valence-corrected chi connectivity index (χ0v) is 12.9. The van der Waals surface area contributed by atoms with Gasteiger partial charge in [0.25, 0.3) is 5.91 Å². The van der Waals surface area contributed by atoms with Crippen LogP contribution in [0.4, 0.5) is 5.69 Å². The third kappa shape index (κ3) is 3.14. The molecule has 0 atom stereocenters. The van der Waals surface area contributed by atoms with Crippen molar-refractivity contribution in [2.75, 3.05) is 5.73 Å². The predicted molar refractivity (Wildman–Crippen MR) is 83.6 cm³/mol. The van der Waals surface area contributed by atoms with Gasteiger partial charge in [-0.2, -0.15) is 0 Å². The van der Waals surface area contributed by atoms with Gasteiger partial charge in [0, 0.05) is 17.3 Å². The van der Waals surface area contributed by atoms with Crippen LogP contribution < -0.4 is 5.73 Å². The lowest BCUT2D eigenvalue weighted by Gasteiger charge is -2.43. The molecule has 3 nitrogen and oxygen atoms in total. The van der Waals surface area contributed by atoms with Gasteiger partial charge in [0.15, 0.2) is 0 Å². The van der Waals surface area contributed by atoms with E-state index < -0.39 is 0 Å². The van der Waals surface area contributed by atoms with Crippen molar-refractivity contribution in [3.63, 3.8) is 0 Å². The summed E-state index contributed by atoms with van der Waals surface area (Å²) < 4.78 is 0. The first-order chi connectivity index (χ1) is 9.41. The summed E-state index contributed by atoms with van der Waals surface area (Å²) in [4.78, 5) is 15.0. The summed E-state index contributed by atoms with van der Waals surface area (Å²) in [6.07, 6.45) is 5.94. The summed E-state index contributed by atoms with van der Waals surface area (Å²) in [6.45, 7) is 6.33. The molecule has 2 N–H and O–H groups in total. The maximum atomic E-state index is 13.0. The normalized spacial score (nSPS) is 16.9. The van der Waals surface area contributed by atoms with Crippen molar-refractivity contribution in [3.05, 3.63) is 29.8 Å². The van der Waals surface area contributed by atoms with Crippen LogP contribution in [-0.4, -0.2) is 22.4 Å². The third-order valence-electron chi connectivity index (χ3n) is 4.07. The Bertz CT molecular complexity index is 470. The van der Waals surface area contributed by atoms with Crippen LogP contribution in [0.1, 0.15) is 63.2 Å². The van der Waals surface area contributed by atoms with Gasteiger partial charge in [0.05, 0.1) is 5.56 Å². The lowest BCUT2D eigenvalue weighted by atomic mass is 9.90. The molecule has 110 valence electrons. The Morgan fingerprint density at radius 2 is 1.75 bits per heavy atom. The highest BCUT2D eigenvalue weighted by Gasteiger charge is 2.34. The number of hydrogen-bond donors (Lipinski definition) is 1. The molecule has 3 heteroatoms. The minimum Gasteiger partial charge on any atom is -0.398 e. The van der Waals surface area contributed by atoms with Crippen molar-refractivity contribution in [1.82, 2.24) is 4.90 Å². The van der Waals surface area contributed by atoms with E-state index >= 15 is 0 Å². The van der Waals surface area contributed by atoms with Crippen molar-refractivity contribution in [2.24, 2.45) is 0 Å². The third-order valence-corrected chi connectivity index (χ3v) is 4.07. The van der Waals surface area contributed by atoms with Crippen LogP contribution in [-0.2, 0) is 0 Å². The summed E-state index contributed by atoms with van der Waals surface area (Å²) in [5.41, 5.74) is 7.01. The quantitative estimate of drug-likeness (QED) is 0.833. The molecule has 1 saturated carbocycles. The first-order valence-corrected chi connectivity index (χ1v) is 7.59. The Morgan fingerprint density at radius 3 is 2.30 bits per heavy atom. The van der Waals surface area contributed by atoms with E-state index in [9.17, 15) is 4.79 Å². The van der Waals surface area contributed by atoms with Gasteiger partial charge in [-0.15, -0.1) is 0 Å². The molecule has 1 aromatic carbocycles. The van der Waals surface area contributed by atoms with Crippen LogP contribution in [0.5, 0.6) is 0 Å². The Labute approximate surface area is 122 Å². The van der Waals surface area contributed by atoms with E-state index in [1.165, 1.54) is 19.3 Å². The van der Waals surface area contributed by atoms with Crippen LogP contribution in [0.2, 0.25) is 0 Å². The number of carbonyl (C=O) groups is 1. The smallest absolute Gasteiger partial charge is 0.256 e. The number of carbonyl (C=O) groups excluding carboxylic acids is 1. The number of benzene rings is 1. The summed E-state index contributed by atoms with van der Waals surface area (Å²) in [7, 11) is 0. The minimum atomic E-state index is -0.179. The molecule has 1 amide bonds. The number of nitrogens with zero attached hydrogens (tertiary/aromatic N) is 1. The maximum Gasteiger partial charge on any atom is 0.256 e. The summed E-state index contributed by atoms with van der Waals surface area (Å²) in [5.74, 6) is 0.0718. The first-order valence-electron chi connectivity index (χ1n) is 7.59. The number of rotatable bonds is 2. The van der Waals surface area contributed by atoms with Gasteiger partial charge in [-0.25, -0.2) is 0 Å². The van der Waals surface area contributed by atoms with Crippen molar-refractivity contribution in [1.29, 1.82) is 0 Å². The molecule has 0 radical (unpaired) electrons. The number of nitrogen functional groups attached to an aromatic ring is 1. The number of anilines is 1. The van der Waals surface area contributed by atoms with Crippen LogP contribution in [0.3, 0.4) is 0 Å². The van der Waals surface area contributed by atoms with Gasteiger partial charge in [0.1, 0.15) is 0 Å². The van der Waals surface area contributed by atoms with E-state index in [0.717, 1.165) is 12.8 Å². The molecular weight excluding hydrogens is 248 g/mol. The molecule has 0 bridgehead atoms. The average Bonchev–Trinajstić information content (AvgIpc) is 2.39. The molecule has 0 unspecified atom stereocenters. The lowest BCUT2D eigenvalue weighted by molar-refractivity contribution is 0.0368. The Kier molecular flexibility index (Phi) is 4.36. The van der Waals surface area contributed by atoms with E-state index in [2.05, 4.69) is 25.7 Å². The van der Waals surface area contributed by atoms with Gasteiger partial charge in [-0.05, 0) is 45.7 Å². The molecule has 0 aromatic heterocycles. The van der Waals surface area contributed by atoms with Crippen molar-refractivity contribution < 1.29 is 4.79 Å². The molecule has 1 aliphatic carbocycles. The standard InChI is InChI=1S/C17H26N2O/c1-17(2,3)19(13-9-5-4-6-10-13)16(20)14-11-7-8-12-15(14)18/h7-8,11-13H,4-6,9-10,18H2,1-3H3. The number of nitrogens with two attached hydrogens (primary N) is 1. The number of para-hydroxylation sites is 1. The Morgan fingerprint density at radius 1 is 1.15 bits per heavy atom. The molecule has 0 heterocycles. The van der Waals surface area contributed by atoms with Gasteiger partial charge in [0.2, 0.25) is 0 Å². The molecule has 1 aliphatic rings. The zero-order valence-electron chi connectivity index (χ0n) is 12.9. The van der Waals surface area contributed by atoms with Gasteiger partial charge >= 0.3 is 0 Å². The monoisotopic (exact) mass is 274 g/mol. The highest BCUT2D eigenvalue weighted by Crippen LogP contribution is 2.30. The SMILES string of the molecule is CC(C)(C)N(C(=O)c1ccccc1N)C1CCCCC1.